The van der Waals surface area contributed by atoms with E-state index in [0.29, 0.717) is 5.47 Å². The van der Waals surface area contributed by atoms with E-state index >= 15 is 0 Å². The molecule has 1 aromatic carbocycles. The minimum Gasteiger partial charge on any atom is -0.444 e. The summed E-state index contributed by atoms with van der Waals surface area (Å²) in [7, 11) is -0.961. The van der Waals surface area contributed by atoms with Crippen LogP contribution in [0, 0.1) is 0 Å². The molecule has 1 saturated heterocycles. The zero-order chi connectivity index (χ0) is 23.8. The normalized spacial score (nSPS) is 18.8. The van der Waals surface area contributed by atoms with E-state index in [4.69, 9.17) is 25.6 Å². The van der Waals surface area contributed by atoms with Gasteiger partial charge in [0.05, 0.1) is 16.8 Å². The van der Waals surface area contributed by atoms with Crippen molar-refractivity contribution in [1.82, 2.24) is 5.32 Å². The highest BCUT2D eigenvalue weighted by molar-refractivity contribution is 6.56. The summed E-state index contributed by atoms with van der Waals surface area (Å²) in [5.74, 6) is 0. The Morgan fingerprint density at radius 2 is 1.71 bits per heavy atom. The van der Waals surface area contributed by atoms with Crippen LogP contribution < -0.4 is 5.32 Å². The van der Waals surface area contributed by atoms with Crippen LogP contribution in [0.2, 0.25) is 5.02 Å². The molecule has 0 aromatic heterocycles. The summed E-state index contributed by atoms with van der Waals surface area (Å²) in [6.07, 6.45) is -4.02. The molecule has 1 aromatic rings. The minimum absolute atomic E-state index is 0.0338. The van der Waals surface area contributed by atoms with Gasteiger partial charge in [-0.25, -0.2) is 4.79 Å². The number of amides is 1. The van der Waals surface area contributed by atoms with Crippen molar-refractivity contribution in [3.63, 3.8) is 0 Å². The number of benzene rings is 1. The second-order valence-electron chi connectivity index (χ2n) is 9.39. The molecule has 0 unspecified atom stereocenters. The number of halogens is 4. The van der Waals surface area contributed by atoms with E-state index < -0.39 is 41.8 Å². The maximum Gasteiger partial charge on any atom is 0.492 e. The minimum atomic E-state index is -4.61. The fraction of sp³-hybridized carbons (Fsp3) is 0.571. The molecule has 1 aliphatic heterocycles. The van der Waals surface area contributed by atoms with E-state index in [1.165, 1.54) is 18.2 Å². The number of ether oxygens (including phenoxy) is 1. The van der Waals surface area contributed by atoms with Gasteiger partial charge in [0.25, 0.3) is 0 Å². The molecule has 0 radical (unpaired) electrons. The van der Waals surface area contributed by atoms with E-state index in [1.54, 1.807) is 20.8 Å². The summed E-state index contributed by atoms with van der Waals surface area (Å²) in [6, 6.07) is 3.49. The SMILES string of the molecule is CC(C)(C)OC(=O)NCC(=Cc1ccc(Cl)cc1C(F)(F)F)B1OC(C)(C)C(C)(C)O1. The van der Waals surface area contributed by atoms with Gasteiger partial charge in [-0.1, -0.05) is 23.7 Å². The van der Waals surface area contributed by atoms with Crippen molar-refractivity contribution >= 4 is 30.9 Å². The lowest BCUT2D eigenvalue weighted by atomic mass is 9.76. The van der Waals surface area contributed by atoms with Crippen LogP contribution in [0.25, 0.3) is 6.08 Å². The van der Waals surface area contributed by atoms with Gasteiger partial charge in [0.1, 0.15) is 5.60 Å². The summed E-state index contributed by atoms with van der Waals surface area (Å²) < 4.78 is 57.9. The Kier molecular flexibility index (Phi) is 7.15. The molecule has 5 nitrogen and oxygen atoms in total. The van der Waals surface area contributed by atoms with E-state index in [-0.39, 0.29) is 17.1 Å². The third-order valence-electron chi connectivity index (χ3n) is 5.05. The standard InChI is InChI=1S/C21H28BClF3NO4/c1-18(2,3)29-17(28)27-12-14(22-30-19(4,5)20(6,7)31-22)10-13-8-9-15(23)11-16(13)21(24,25)26/h8-11H,12H2,1-7H3,(H,27,28). The maximum atomic E-state index is 13.6. The fourth-order valence-corrected chi connectivity index (χ4v) is 2.96. The van der Waals surface area contributed by atoms with Gasteiger partial charge in [-0.05, 0) is 71.6 Å². The van der Waals surface area contributed by atoms with E-state index in [9.17, 15) is 18.0 Å². The average Bonchev–Trinajstić information content (AvgIpc) is 2.77. The van der Waals surface area contributed by atoms with Crippen molar-refractivity contribution in [2.24, 2.45) is 0 Å². The number of hydrogen-bond acceptors (Lipinski definition) is 4. The molecule has 1 N–H and O–H groups in total. The highest BCUT2D eigenvalue weighted by atomic mass is 35.5. The first-order chi connectivity index (χ1) is 13.9. The molecule has 0 aliphatic carbocycles. The molecule has 31 heavy (non-hydrogen) atoms. The van der Waals surface area contributed by atoms with Crippen LogP contribution in [0.5, 0.6) is 0 Å². The smallest absolute Gasteiger partial charge is 0.444 e. The molecule has 0 atom stereocenters. The fourth-order valence-electron chi connectivity index (χ4n) is 2.78. The van der Waals surface area contributed by atoms with Crippen molar-refractivity contribution < 1.29 is 32.0 Å². The summed E-state index contributed by atoms with van der Waals surface area (Å²) in [5.41, 5.74) is -2.86. The predicted molar refractivity (Wildman–Crippen MR) is 115 cm³/mol. The lowest BCUT2D eigenvalue weighted by molar-refractivity contribution is -0.137. The van der Waals surface area contributed by atoms with Gasteiger partial charge in [-0.2, -0.15) is 13.2 Å². The molecule has 10 heteroatoms. The Bertz CT molecular complexity index is 847. The van der Waals surface area contributed by atoms with Crippen LogP contribution in [0.15, 0.2) is 23.7 Å². The van der Waals surface area contributed by atoms with Gasteiger partial charge in [0.2, 0.25) is 0 Å². The molecule has 1 fully saturated rings. The lowest BCUT2D eigenvalue weighted by Gasteiger charge is -2.32. The molecule has 1 heterocycles. The van der Waals surface area contributed by atoms with Gasteiger partial charge < -0.3 is 19.4 Å². The second kappa shape index (κ2) is 8.67. The Morgan fingerprint density at radius 3 is 2.19 bits per heavy atom. The number of hydrogen-bond donors (Lipinski definition) is 1. The van der Waals surface area contributed by atoms with Crippen LogP contribution in [-0.4, -0.2) is 36.6 Å². The van der Waals surface area contributed by atoms with Crippen LogP contribution in [0.1, 0.15) is 59.6 Å². The zero-order valence-electron chi connectivity index (χ0n) is 18.7. The molecule has 0 spiro atoms. The Hall–Kier alpha value is -1.71. The summed E-state index contributed by atoms with van der Waals surface area (Å²) >= 11 is 5.78. The van der Waals surface area contributed by atoms with Crippen LogP contribution in [0.3, 0.4) is 0 Å². The molecule has 2 rings (SSSR count). The van der Waals surface area contributed by atoms with Crippen molar-refractivity contribution in [3.8, 4) is 0 Å². The molecular weight excluding hydrogens is 433 g/mol. The van der Waals surface area contributed by atoms with Gasteiger partial charge >= 0.3 is 19.4 Å². The summed E-state index contributed by atoms with van der Waals surface area (Å²) in [6.45, 7) is 12.3. The number of carbonyl (C=O) groups is 1. The first-order valence-corrected chi connectivity index (χ1v) is 10.2. The van der Waals surface area contributed by atoms with Crippen molar-refractivity contribution in [2.45, 2.75) is 71.4 Å². The van der Waals surface area contributed by atoms with Crippen LogP contribution >= 0.6 is 11.6 Å². The summed E-state index contributed by atoms with van der Waals surface area (Å²) in [5, 5.41) is 2.53. The zero-order valence-corrected chi connectivity index (χ0v) is 19.5. The Labute approximate surface area is 186 Å². The number of alkyl halides is 3. The van der Waals surface area contributed by atoms with Gasteiger partial charge in [0, 0.05) is 11.6 Å². The quantitative estimate of drug-likeness (QED) is 0.567. The second-order valence-corrected chi connectivity index (χ2v) is 9.83. The van der Waals surface area contributed by atoms with Crippen LogP contribution in [0.4, 0.5) is 18.0 Å². The summed E-state index contributed by atoms with van der Waals surface area (Å²) in [4.78, 5) is 12.1. The van der Waals surface area contributed by atoms with E-state index in [2.05, 4.69) is 5.32 Å². The molecule has 1 aliphatic rings. The number of nitrogens with one attached hydrogen (secondary N) is 1. The topological polar surface area (TPSA) is 56.8 Å². The molecule has 172 valence electrons. The Morgan fingerprint density at radius 1 is 1.16 bits per heavy atom. The average molecular weight is 462 g/mol. The maximum absolute atomic E-state index is 13.6. The highest BCUT2D eigenvalue weighted by Gasteiger charge is 2.52. The highest BCUT2D eigenvalue weighted by Crippen LogP contribution is 2.40. The van der Waals surface area contributed by atoms with Crippen molar-refractivity contribution in [2.75, 3.05) is 6.54 Å². The number of carbonyl (C=O) groups excluding carboxylic acids is 1. The number of alkyl carbamates (subject to hydrolysis) is 1. The lowest BCUT2D eigenvalue weighted by Crippen LogP contribution is -2.41. The molecule has 0 saturated carbocycles. The van der Waals surface area contributed by atoms with Crippen LogP contribution in [-0.2, 0) is 20.2 Å². The van der Waals surface area contributed by atoms with Gasteiger partial charge in [-0.15, -0.1) is 0 Å². The number of rotatable bonds is 4. The Balaban J connectivity index is 2.43. The monoisotopic (exact) mass is 461 g/mol. The first kappa shape index (κ1) is 25.6. The molecular formula is C21H28BClF3NO4. The third kappa shape index (κ3) is 6.64. The van der Waals surface area contributed by atoms with E-state index in [1.807, 2.05) is 27.7 Å². The largest absolute Gasteiger partial charge is 0.492 e. The van der Waals surface area contributed by atoms with Gasteiger partial charge in [-0.3, -0.25) is 0 Å². The first-order valence-electron chi connectivity index (χ1n) is 9.81. The molecule has 0 bridgehead atoms. The third-order valence-corrected chi connectivity index (χ3v) is 5.29. The van der Waals surface area contributed by atoms with E-state index in [0.717, 1.165) is 6.07 Å². The van der Waals surface area contributed by atoms with Crippen molar-refractivity contribution in [3.05, 3.63) is 39.8 Å². The van der Waals surface area contributed by atoms with Gasteiger partial charge in [0.15, 0.2) is 0 Å². The predicted octanol–water partition coefficient (Wildman–Crippen LogP) is 5.90. The molecule has 1 amide bonds. The van der Waals surface area contributed by atoms with Crippen molar-refractivity contribution in [1.29, 1.82) is 0 Å².